The van der Waals surface area contributed by atoms with Crippen molar-refractivity contribution in [2.75, 3.05) is 14.7 Å². The highest BCUT2D eigenvalue weighted by atomic mass is 15.2. The van der Waals surface area contributed by atoms with E-state index in [1.807, 2.05) is 0 Å². The van der Waals surface area contributed by atoms with Gasteiger partial charge in [-0.2, -0.15) is 0 Å². The van der Waals surface area contributed by atoms with Gasteiger partial charge in [0.1, 0.15) is 0 Å². The highest BCUT2D eigenvalue weighted by Gasteiger charge is 2.47. The van der Waals surface area contributed by atoms with Crippen molar-refractivity contribution in [1.82, 2.24) is 9.13 Å². The molecule has 0 bridgehead atoms. The van der Waals surface area contributed by atoms with Gasteiger partial charge in [-0.05, 0) is 192 Å². The fourth-order valence-electron chi connectivity index (χ4n) is 15.4. The Balaban J connectivity index is 1.24. The van der Waals surface area contributed by atoms with Crippen LogP contribution in [-0.2, 0) is 32.5 Å². The monoisotopic (exact) mass is 1270 g/mol. The lowest BCUT2D eigenvalue weighted by Crippen LogP contribution is -2.61. The molecule has 4 heterocycles. The Morgan fingerprint density at radius 3 is 1.22 bits per heavy atom. The number of fused-ring (bicyclic) bond motifs is 8. The summed E-state index contributed by atoms with van der Waals surface area (Å²) in [5, 5.41) is 4.98. The standard InChI is InChI=1S/C90H104BN5/c1-24-25-28-57(2)92-77-54-68(55-78-80(77)91(56-79(92)90(21,22)23)73-53-63(89(18,19)20)52-72-71-51-62(88(15,16)17)41-50-74(71)96(78)81(72)73)95-82-69(29-26-31-75(82)93(64-42-33-58(34-43-64)84(3,4)5)65-44-35-59(36-45-65)85(6,7)8)70-30-27-32-76(83(70)95)94(66-46-37-60(38-47-66)86(9,10)11)67-48-39-61(40-49-67)87(12,13)14/h25-55,79H,2,24,56H2,1,3-23H3/b28-25-. The molecule has 13 rings (SSSR count). The molecular weight excluding hydrogens is 1160 g/mol. The Bertz CT molecular complexity index is 4570. The number of nitrogens with zero attached hydrogens (tertiary/aromatic N) is 5. The number of allylic oxidation sites excluding steroid dienone is 2. The van der Waals surface area contributed by atoms with E-state index in [0.29, 0.717) is 0 Å². The zero-order valence-corrected chi connectivity index (χ0v) is 61.9. The van der Waals surface area contributed by atoms with Gasteiger partial charge in [0.25, 0.3) is 0 Å². The molecule has 492 valence electrons. The predicted octanol–water partition coefficient (Wildman–Crippen LogP) is 24.2. The van der Waals surface area contributed by atoms with Crippen molar-refractivity contribution in [2.45, 2.75) is 204 Å². The molecule has 1 atom stereocenters. The van der Waals surface area contributed by atoms with Crippen LogP contribution in [0.4, 0.5) is 39.8 Å². The molecule has 1 unspecified atom stereocenters. The fourth-order valence-corrected chi connectivity index (χ4v) is 15.4. The highest BCUT2D eigenvalue weighted by Crippen LogP contribution is 2.52. The number of benzene rings is 9. The predicted molar refractivity (Wildman–Crippen MR) is 421 cm³/mol. The molecule has 96 heavy (non-hydrogen) atoms. The molecule has 5 nitrogen and oxygen atoms in total. The molecule has 0 aliphatic carbocycles. The third-order valence-corrected chi connectivity index (χ3v) is 21.1. The van der Waals surface area contributed by atoms with Gasteiger partial charge in [0.15, 0.2) is 0 Å². The zero-order chi connectivity index (χ0) is 68.9. The van der Waals surface area contributed by atoms with Gasteiger partial charge in [-0.25, -0.2) is 0 Å². The zero-order valence-electron chi connectivity index (χ0n) is 61.9. The van der Waals surface area contributed by atoms with Gasteiger partial charge in [-0.3, -0.25) is 0 Å². The Labute approximate surface area is 575 Å². The van der Waals surface area contributed by atoms with Crippen LogP contribution in [0.25, 0.3) is 55.0 Å². The van der Waals surface area contributed by atoms with Gasteiger partial charge in [0.2, 0.25) is 6.71 Å². The van der Waals surface area contributed by atoms with Crippen LogP contribution in [0.3, 0.4) is 0 Å². The van der Waals surface area contributed by atoms with E-state index in [0.717, 1.165) is 69.3 Å². The van der Waals surface area contributed by atoms with E-state index >= 15 is 0 Å². The minimum atomic E-state index is -0.145. The molecule has 2 aliphatic rings. The van der Waals surface area contributed by atoms with Gasteiger partial charge in [0, 0.05) is 72.9 Å². The Hall–Kier alpha value is -8.48. The van der Waals surface area contributed by atoms with Crippen molar-refractivity contribution in [3.05, 3.63) is 234 Å². The van der Waals surface area contributed by atoms with Crippen LogP contribution in [0.5, 0.6) is 0 Å². The van der Waals surface area contributed by atoms with E-state index in [2.05, 4.69) is 364 Å². The topological polar surface area (TPSA) is 19.6 Å². The normalized spacial score (nSPS) is 14.8. The quantitative estimate of drug-likeness (QED) is 0.100. The maximum Gasteiger partial charge on any atom is 0.219 e. The number of hydrogen-bond donors (Lipinski definition) is 0. The van der Waals surface area contributed by atoms with Crippen LogP contribution < -0.4 is 25.6 Å². The largest absolute Gasteiger partial charge is 0.339 e. The third kappa shape index (κ3) is 11.5. The summed E-state index contributed by atoms with van der Waals surface area (Å²) in [7, 11) is 0. The van der Waals surface area contributed by atoms with Gasteiger partial charge >= 0.3 is 0 Å². The second kappa shape index (κ2) is 23.1. The molecule has 0 amide bonds. The van der Waals surface area contributed by atoms with Gasteiger partial charge in [-0.15, -0.1) is 0 Å². The molecule has 2 aromatic heterocycles. The van der Waals surface area contributed by atoms with E-state index < -0.39 is 0 Å². The van der Waals surface area contributed by atoms with Crippen molar-refractivity contribution in [3.8, 4) is 11.4 Å². The van der Waals surface area contributed by atoms with E-state index in [1.165, 1.54) is 88.3 Å². The van der Waals surface area contributed by atoms with Crippen molar-refractivity contribution >= 4 is 101 Å². The highest BCUT2D eigenvalue weighted by molar-refractivity contribution is 6.90. The molecule has 0 N–H and O–H groups in total. The van der Waals surface area contributed by atoms with Gasteiger partial charge < -0.3 is 23.8 Å². The Morgan fingerprint density at radius 1 is 0.427 bits per heavy atom. The SMILES string of the molecule is C=C(/C=C\CC)N1c2cc(-n3c4c(N(c5ccc(C(C)(C)C)cc5)c5ccc(C(C)(C)C)cc5)cccc4c4cccc(N(c5ccc(C(C)(C)C)cc5)c5ccc(C(C)(C)C)cc5)c43)cc3c2B(CC1C(C)(C)C)c1cc(C(C)(C)C)cc2c4cc(C(C)(C)C)ccc4n-3c12. The van der Waals surface area contributed by atoms with Crippen LogP contribution in [0, 0.1) is 5.41 Å². The second-order valence-corrected chi connectivity index (χ2v) is 35.3. The summed E-state index contributed by atoms with van der Waals surface area (Å²) in [6.45, 7) is 56.7. The van der Waals surface area contributed by atoms with E-state index in [-0.39, 0.29) is 50.7 Å². The number of hydrogen-bond acceptors (Lipinski definition) is 3. The third-order valence-electron chi connectivity index (χ3n) is 21.1. The first-order valence-corrected chi connectivity index (χ1v) is 35.5. The lowest BCUT2D eigenvalue weighted by molar-refractivity contribution is 0.330. The molecule has 0 saturated carbocycles. The smallest absolute Gasteiger partial charge is 0.219 e. The summed E-state index contributed by atoms with van der Waals surface area (Å²) in [5.41, 5.74) is 26.2. The fraction of sp³-hybridized carbons (Fsp3) is 0.356. The summed E-state index contributed by atoms with van der Waals surface area (Å²) in [5.74, 6) is 0. The molecule has 11 aromatic rings. The first-order chi connectivity index (χ1) is 44.9. The molecule has 2 aliphatic heterocycles. The average molecular weight is 1270 g/mol. The number of para-hydroxylation sites is 2. The Kier molecular flexibility index (Phi) is 15.9. The molecule has 0 fully saturated rings. The maximum atomic E-state index is 5.08. The lowest BCUT2D eigenvalue weighted by atomic mass is 9.33. The average Bonchev–Trinajstić information content (AvgIpc) is 1.44. The number of aromatic nitrogens is 2. The first-order valence-electron chi connectivity index (χ1n) is 35.5. The minimum absolute atomic E-state index is 0.0310. The van der Waals surface area contributed by atoms with Crippen LogP contribution in [0.15, 0.2) is 200 Å². The summed E-state index contributed by atoms with van der Waals surface area (Å²) in [4.78, 5) is 7.72. The first kappa shape index (κ1) is 66.2. The van der Waals surface area contributed by atoms with E-state index in [4.69, 9.17) is 6.58 Å². The van der Waals surface area contributed by atoms with Crippen molar-refractivity contribution in [3.63, 3.8) is 0 Å². The van der Waals surface area contributed by atoms with E-state index in [1.54, 1.807) is 0 Å². The van der Waals surface area contributed by atoms with Crippen molar-refractivity contribution in [2.24, 2.45) is 5.41 Å². The second-order valence-electron chi connectivity index (χ2n) is 35.3. The van der Waals surface area contributed by atoms with Crippen molar-refractivity contribution in [1.29, 1.82) is 0 Å². The van der Waals surface area contributed by atoms with Crippen LogP contribution in [0.1, 0.15) is 192 Å². The molecule has 0 spiro atoms. The van der Waals surface area contributed by atoms with Crippen LogP contribution in [-0.4, -0.2) is 21.9 Å². The Morgan fingerprint density at radius 2 is 0.823 bits per heavy atom. The van der Waals surface area contributed by atoms with E-state index in [9.17, 15) is 0 Å². The number of anilines is 7. The summed E-state index contributed by atoms with van der Waals surface area (Å²) in [6, 6.07) is 69.4. The minimum Gasteiger partial charge on any atom is -0.339 e. The van der Waals surface area contributed by atoms with Gasteiger partial charge in [-0.1, -0.05) is 250 Å². The number of rotatable bonds is 10. The molecular formula is C90H104BN5. The van der Waals surface area contributed by atoms with Crippen LogP contribution in [0.2, 0.25) is 6.32 Å². The lowest BCUT2D eigenvalue weighted by Gasteiger charge is -2.49. The summed E-state index contributed by atoms with van der Waals surface area (Å²) >= 11 is 0. The molecule has 0 radical (unpaired) electrons. The molecule has 6 heteroatoms. The van der Waals surface area contributed by atoms with Gasteiger partial charge in [0.05, 0.1) is 33.6 Å². The molecule has 0 saturated heterocycles. The summed E-state index contributed by atoms with van der Waals surface area (Å²) < 4.78 is 5.37. The van der Waals surface area contributed by atoms with Crippen molar-refractivity contribution < 1.29 is 0 Å². The van der Waals surface area contributed by atoms with Crippen LogP contribution >= 0.6 is 0 Å². The maximum absolute atomic E-state index is 5.08. The summed E-state index contributed by atoms with van der Waals surface area (Å²) in [6.07, 6.45) is 6.44. The molecule has 9 aromatic carbocycles.